The van der Waals surface area contributed by atoms with Gasteiger partial charge in [-0.1, -0.05) is 24.3 Å². The van der Waals surface area contributed by atoms with Gasteiger partial charge >= 0.3 is 0 Å². The molecule has 3 nitrogen and oxygen atoms in total. The number of rotatable bonds is 3. The Balaban J connectivity index is 1.58. The molecule has 0 unspecified atom stereocenters. The first-order chi connectivity index (χ1) is 9.83. The zero-order valence-electron chi connectivity index (χ0n) is 11.7. The summed E-state index contributed by atoms with van der Waals surface area (Å²) in [6, 6.07) is 6.24. The third-order valence-electron chi connectivity index (χ3n) is 4.08. The smallest absolute Gasteiger partial charge is 0.223 e. The zero-order valence-corrected chi connectivity index (χ0v) is 11.7. The first-order valence-electron chi connectivity index (χ1n) is 7.50. The molecule has 1 heterocycles. The third kappa shape index (κ3) is 3.03. The maximum atomic E-state index is 12.1. The van der Waals surface area contributed by atoms with Crippen LogP contribution in [0.1, 0.15) is 36.8 Å². The number of carbonyl (C=O) groups excluding carboxylic acids is 1. The molecule has 1 aromatic carbocycles. The summed E-state index contributed by atoms with van der Waals surface area (Å²) in [7, 11) is 0. The van der Waals surface area contributed by atoms with Crippen LogP contribution in [0.25, 0.3) is 0 Å². The molecule has 1 amide bonds. The van der Waals surface area contributed by atoms with Crippen LogP contribution in [0.4, 0.5) is 0 Å². The number of benzene rings is 1. The van der Waals surface area contributed by atoms with Crippen LogP contribution in [0.5, 0.6) is 5.75 Å². The number of allylic oxidation sites excluding steroid dienone is 2. The maximum Gasteiger partial charge on any atom is 0.223 e. The van der Waals surface area contributed by atoms with Crippen molar-refractivity contribution >= 4 is 5.91 Å². The monoisotopic (exact) mass is 271 g/mol. The lowest BCUT2D eigenvalue weighted by Gasteiger charge is -2.19. The van der Waals surface area contributed by atoms with E-state index in [1.54, 1.807) is 0 Å². The Labute approximate surface area is 120 Å². The highest BCUT2D eigenvalue weighted by molar-refractivity contribution is 5.79. The standard InChI is InChI=1S/C17H21NO2/c19-17(14-5-2-1-3-6-14)18-12-13-8-9-16-15(11-13)7-4-10-20-16/h1-2,8-9,11,14H,3-7,10,12H2,(H,18,19)/t14-/m1/s1. The molecule has 0 radical (unpaired) electrons. The summed E-state index contributed by atoms with van der Waals surface area (Å²) in [6.45, 7) is 1.44. The van der Waals surface area contributed by atoms with E-state index in [1.165, 1.54) is 5.56 Å². The molecular weight excluding hydrogens is 250 g/mol. The van der Waals surface area contributed by atoms with E-state index in [9.17, 15) is 4.79 Å². The fourth-order valence-electron chi connectivity index (χ4n) is 2.89. The van der Waals surface area contributed by atoms with Gasteiger partial charge in [-0.2, -0.15) is 0 Å². The van der Waals surface area contributed by atoms with Crippen molar-refractivity contribution in [2.75, 3.05) is 6.61 Å². The summed E-state index contributed by atoms with van der Waals surface area (Å²) < 4.78 is 5.60. The van der Waals surface area contributed by atoms with Gasteiger partial charge in [0, 0.05) is 12.5 Å². The predicted octanol–water partition coefficient (Wildman–Crippen LogP) is 2.98. The van der Waals surface area contributed by atoms with Crippen molar-refractivity contribution in [3.8, 4) is 5.75 Å². The van der Waals surface area contributed by atoms with Crippen LogP contribution >= 0.6 is 0 Å². The fourth-order valence-corrected chi connectivity index (χ4v) is 2.89. The van der Waals surface area contributed by atoms with Crippen molar-refractivity contribution in [1.82, 2.24) is 5.32 Å². The number of hydrogen-bond donors (Lipinski definition) is 1. The highest BCUT2D eigenvalue weighted by atomic mass is 16.5. The van der Waals surface area contributed by atoms with Gasteiger partial charge in [-0.15, -0.1) is 0 Å². The van der Waals surface area contributed by atoms with E-state index in [2.05, 4.69) is 23.5 Å². The van der Waals surface area contributed by atoms with E-state index in [0.29, 0.717) is 6.54 Å². The normalized spacial score (nSPS) is 20.9. The summed E-state index contributed by atoms with van der Waals surface area (Å²) >= 11 is 0. The summed E-state index contributed by atoms with van der Waals surface area (Å²) in [4.78, 5) is 12.1. The van der Waals surface area contributed by atoms with Crippen molar-refractivity contribution in [1.29, 1.82) is 0 Å². The lowest BCUT2D eigenvalue weighted by Crippen LogP contribution is -2.30. The van der Waals surface area contributed by atoms with Crippen LogP contribution in [0.15, 0.2) is 30.4 Å². The molecule has 0 saturated carbocycles. The number of hydrogen-bond acceptors (Lipinski definition) is 2. The van der Waals surface area contributed by atoms with Crippen molar-refractivity contribution in [3.63, 3.8) is 0 Å². The lowest BCUT2D eigenvalue weighted by atomic mass is 9.93. The highest BCUT2D eigenvalue weighted by Gasteiger charge is 2.18. The number of ether oxygens (including phenoxy) is 1. The second-order valence-corrected chi connectivity index (χ2v) is 5.59. The molecule has 1 aromatic rings. The van der Waals surface area contributed by atoms with Gasteiger partial charge in [0.25, 0.3) is 0 Å². The van der Waals surface area contributed by atoms with Crippen molar-refractivity contribution in [2.45, 2.75) is 38.6 Å². The van der Waals surface area contributed by atoms with E-state index in [0.717, 1.165) is 50.0 Å². The average molecular weight is 271 g/mol. The summed E-state index contributed by atoms with van der Waals surface area (Å²) in [5.41, 5.74) is 2.43. The van der Waals surface area contributed by atoms with Crippen LogP contribution in [-0.2, 0) is 17.8 Å². The molecular formula is C17H21NO2. The molecule has 3 heteroatoms. The average Bonchev–Trinajstić information content (AvgIpc) is 2.53. The minimum atomic E-state index is 0.154. The Bertz CT molecular complexity index is 522. The summed E-state index contributed by atoms with van der Waals surface area (Å²) in [6.07, 6.45) is 9.30. The fraction of sp³-hybridized carbons (Fsp3) is 0.471. The van der Waals surface area contributed by atoms with Gasteiger partial charge in [-0.05, 0) is 49.3 Å². The van der Waals surface area contributed by atoms with E-state index >= 15 is 0 Å². The number of nitrogens with one attached hydrogen (secondary N) is 1. The summed E-state index contributed by atoms with van der Waals surface area (Å²) in [5, 5.41) is 3.06. The quantitative estimate of drug-likeness (QED) is 0.858. The molecule has 106 valence electrons. The van der Waals surface area contributed by atoms with Crippen LogP contribution in [0.3, 0.4) is 0 Å². The Morgan fingerprint density at radius 3 is 3.15 bits per heavy atom. The largest absolute Gasteiger partial charge is 0.493 e. The molecule has 20 heavy (non-hydrogen) atoms. The Morgan fingerprint density at radius 1 is 1.35 bits per heavy atom. The van der Waals surface area contributed by atoms with E-state index in [4.69, 9.17) is 4.74 Å². The van der Waals surface area contributed by atoms with Gasteiger partial charge in [0.2, 0.25) is 5.91 Å². The zero-order chi connectivity index (χ0) is 13.8. The van der Waals surface area contributed by atoms with Crippen LogP contribution < -0.4 is 10.1 Å². The lowest BCUT2D eigenvalue weighted by molar-refractivity contribution is -0.125. The molecule has 0 aromatic heterocycles. The first-order valence-corrected chi connectivity index (χ1v) is 7.50. The number of fused-ring (bicyclic) bond motifs is 1. The van der Waals surface area contributed by atoms with Gasteiger partial charge in [-0.3, -0.25) is 4.79 Å². The van der Waals surface area contributed by atoms with Gasteiger partial charge in [0.1, 0.15) is 5.75 Å². The second-order valence-electron chi connectivity index (χ2n) is 5.59. The molecule has 0 bridgehead atoms. The minimum absolute atomic E-state index is 0.154. The Hall–Kier alpha value is -1.77. The van der Waals surface area contributed by atoms with Gasteiger partial charge in [0.05, 0.1) is 6.61 Å². The number of aryl methyl sites for hydroxylation is 1. The Morgan fingerprint density at radius 2 is 2.30 bits per heavy atom. The van der Waals surface area contributed by atoms with E-state index < -0.39 is 0 Å². The summed E-state index contributed by atoms with van der Waals surface area (Å²) in [5.74, 6) is 1.34. The molecule has 1 atom stereocenters. The maximum absolute atomic E-state index is 12.1. The molecule has 0 saturated heterocycles. The SMILES string of the molecule is O=C(NCc1ccc2c(c1)CCCO2)[C@@H]1CC=CCC1. The molecule has 1 N–H and O–H groups in total. The van der Waals surface area contributed by atoms with Gasteiger partial charge in [-0.25, -0.2) is 0 Å². The second kappa shape index (κ2) is 6.12. The highest BCUT2D eigenvalue weighted by Crippen LogP contribution is 2.25. The van der Waals surface area contributed by atoms with E-state index in [1.807, 2.05) is 12.1 Å². The van der Waals surface area contributed by atoms with Crippen molar-refractivity contribution in [3.05, 3.63) is 41.5 Å². The number of amides is 1. The van der Waals surface area contributed by atoms with Crippen molar-refractivity contribution in [2.24, 2.45) is 5.92 Å². The number of carbonyl (C=O) groups is 1. The van der Waals surface area contributed by atoms with Gasteiger partial charge < -0.3 is 10.1 Å². The molecule has 2 aliphatic rings. The molecule has 1 aliphatic heterocycles. The predicted molar refractivity (Wildman–Crippen MR) is 78.6 cm³/mol. The first kappa shape index (κ1) is 13.2. The van der Waals surface area contributed by atoms with Crippen molar-refractivity contribution < 1.29 is 9.53 Å². The van der Waals surface area contributed by atoms with Gasteiger partial charge in [0.15, 0.2) is 0 Å². The van der Waals surface area contributed by atoms with E-state index in [-0.39, 0.29) is 11.8 Å². The molecule has 3 rings (SSSR count). The topological polar surface area (TPSA) is 38.3 Å². The molecule has 1 aliphatic carbocycles. The molecule has 0 fully saturated rings. The minimum Gasteiger partial charge on any atom is -0.493 e. The van der Waals surface area contributed by atoms with Crippen LogP contribution in [0, 0.1) is 5.92 Å². The van der Waals surface area contributed by atoms with Crippen LogP contribution in [-0.4, -0.2) is 12.5 Å². The van der Waals surface area contributed by atoms with Crippen LogP contribution in [0.2, 0.25) is 0 Å². The Kier molecular flexibility index (Phi) is 4.05. The third-order valence-corrected chi connectivity index (χ3v) is 4.08. The molecule has 0 spiro atoms.